The van der Waals surface area contributed by atoms with Crippen molar-refractivity contribution in [2.24, 2.45) is 5.10 Å². The van der Waals surface area contributed by atoms with E-state index < -0.39 is 6.10 Å². The van der Waals surface area contributed by atoms with Gasteiger partial charge < -0.3 is 10.4 Å². The van der Waals surface area contributed by atoms with Gasteiger partial charge in [-0.1, -0.05) is 18.2 Å². The van der Waals surface area contributed by atoms with Crippen molar-refractivity contribution in [2.45, 2.75) is 37.5 Å². The van der Waals surface area contributed by atoms with Gasteiger partial charge in [-0.15, -0.1) is 0 Å². The molecule has 26 heavy (non-hydrogen) atoms. The van der Waals surface area contributed by atoms with Crippen molar-refractivity contribution in [3.8, 4) is 0 Å². The maximum Gasteiger partial charge on any atom is 0.267 e. The fourth-order valence-corrected chi connectivity index (χ4v) is 3.31. The number of carbonyl (C=O) groups excluding carboxylic acids is 2. The van der Waals surface area contributed by atoms with Gasteiger partial charge in [-0.25, -0.2) is 5.01 Å². The van der Waals surface area contributed by atoms with Crippen LogP contribution in [0.25, 0.3) is 0 Å². The number of benzene rings is 1. The number of amides is 2. The summed E-state index contributed by atoms with van der Waals surface area (Å²) >= 11 is 0. The van der Waals surface area contributed by atoms with Crippen LogP contribution >= 0.6 is 0 Å². The summed E-state index contributed by atoms with van der Waals surface area (Å²) in [7, 11) is 0. The number of aliphatic hydroxyl groups is 1. The van der Waals surface area contributed by atoms with Gasteiger partial charge in [-0.2, -0.15) is 10.2 Å². The van der Waals surface area contributed by atoms with Gasteiger partial charge in [0.15, 0.2) is 0 Å². The van der Waals surface area contributed by atoms with Crippen LogP contribution in [-0.2, 0) is 9.59 Å². The Bertz CT molecular complexity index is 834. The Morgan fingerprint density at radius 1 is 1.19 bits per heavy atom. The summed E-state index contributed by atoms with van der Waals surface area (Å²) < 4.78 is 1.65. The van der Waals surface area contributed by atoms with Gasteiger partial charge in [0, 0.05) is 25.2 Å². The standard InChI is InChI=1S/C18H19N5O3/c24-15-11-14(17(15)22-10-4-9-19-22)20-18(26)13-7-8-16(25)23(21-13)12-5-2-1-3-6-12/h1-6,9-10,14-15,17,24H,7-8,11H2,(H,20,26)/t14-,15+,17+/m0/s1. The van der Waals surface area contributed by atoms with Crippen molar-refractivity contribution >= 4 is 23.2 Å². The maximum absolute atomic E-state index is 12.6. The largest absolute Gasteiger partial charge is 0.391 e. The highest BCUT2D eigenvalue weighted by Crippen LogP contribution is 2.32. The number of nitrogens with zero attached hydrogens (tertiary/aromatic N) is 4. The Morgan fingerprint density at radius 2 is 2.00 bits per heavy atom. The number of anilines is 1. The SMILES string of the molecule is O=C(N[C@H]1C[C@@H](O)[C@@H]1n1cccn1)C1=NN(c2ccccc2)C(=O)CC1. The van der Waals surface area contributed by atoms with Crippen LogP contribution in [0.4, 0.5) is 5.69 Å². The highest BCUT2D eigenvalue weighted by Gasteiger charge is 2.43. The monoisotopic (exact) mass is 353 g/mol. The molecule has 8 nitrogen and oxygen atoms in total. The molecule has 0 saturated heterocycles. The van der Waals surface area contributed by atoms with Crippen LogP contribution in [0.1, 0.15) is 25.3 Å². The van der Waals surface area contributed by atoms with Gasteiger partial charge in [0.05, 0.1) is 23.9 Å². The molecule has 2 heterocycles. The molecule has 1 aliphatic carbocycles. The van der Waals surface area contributed by atoms with Gasteiger partial charge in [0.1, 0.15) is 5.71 Å². The number of hydrogen-bond donors (Lipinski definition) is 2. The lowest BCUT2D eigenvalue weighted by Crippen LogP contribution is -2.57. The number of aliphatic hydroxyl groups excluding tert-OH is 1. The molecule has 0 bridgehead atoms. The molecule has 1 saturated carbocycles. The Labute approximate surface area is 150 Å². The molecule has 1 aliphatic heterocycles. The zero-order valence-corrected chi connectivity index (χ0v) is 14.0. The Morgan fingerprint density at radius 3 is 2.69 bits per heavy atom. The van der Waals surface area contributed by atoms with Crippen LogP contribution < -0.4 is 10.3 Å². The minimum absolute atomic E-state index is 0.138. The van der Waals surface area contributed by atoms with Gasteiger partial charge in [0.2, 0.25) is 5.91 Å². The molecule has 2 amide bonds. The van der Waals surface area contributed by atoms with E-state index in [-0.39, 0.29) is 30.3 Å². The molecule has 0 unspecified atom stereocenters. The molecule has 3 atom stereocenters. The van der Waals surface area contributed by atoms with Crippen LogP contribution in [0.15, 0.2) is 53.9 Å². The minimum Gasteiger partial charge on any atom is -0.391 e. The van der Waals surface area contributed by atoms with E-state index in [1.807, 2.05) is 18.2 Å². The van der Waals surface area contributed by atoms with Crippen LogP contribution in [0.2, 0.25) is 0 Å². The lowest BCUT2D eigenvalue weighted by Gasteiger charge is -2.42. The fourth-order valence-electron chi connectivity index (χ4n) is 3.31. The summed E-state index contributed by atoms with van der Waals surface area (Å²) in [5.74, 6) is -0.450. The Hall–Kier alpha value is -3.00. The third-order valence-corrected chi connectivity index (χ3v) is 4.74. The Kier molecular flexibility index (Phi) is 4.26. The molecule has 0 spiro atoms. The van der Waals surface area contributed by atoms with E-state index in [0.717, 1.165) is 0 Å². The second-order valence-corrected chi connectivity index (χ2v) is 6.45. The molecular formula is C18H19N5O3. The molecule has 2 aromatic rings. The first-order chi connectivity index (χ1) is 12.6. The number of hydrogen-bond acceptors (Lipinski definition) is 5. The van der Waals surface area contributed by atoms with Crippen molar-refractivity contribution in [1.82, 2.24) is 15.1 Å². The molecule has 1 aromatic carbocycles. The van der Waals surface area contributed by atoms with E-state index in [9.17, 15) is 14.7 Å². The number of rotatable bonds is 4. The smallest absolute Gasteiger partial charge is 0.267 e. The van der Waals surface area contributed by atoms with Crippen molar-refractivity contribution < 1.29 is 14.7 Å². The number of hydrazone groups is 1. The summed E-state index contributed by atoms with van der Waals surface area (Å²) in [6.07, 6.45) is 3.85. The first-order valence-corrected chi connectivity index (χ1v) is 8.57. The van der Waals surface area contributed by atoms with Crippen LogP contribution in [0.3, 0.4) is 0 Å². The highest BCUT2D eigenvalue weighted by molar-refractivity contribution is 6.40. The number of nitrogens with one attached hydrogen (secondary N) is 1. The summed E-state index contributed by atoms with van der Waals surface area (Å²) in [6, 6.07) is 10.3. The quantitative estimate of drug-likeness (QED) is 0.851. The van der Waals surface area contributed by atoms with E-state index >= 15 is 0 Å². The summed E-state index contributed by atoms with van der Waals surface area (Å²) in [4.78, 5) is 24.8. The first-order valence-electron chi connectivity index (χ1n) is 8.57. The Balaban J connectivity index is 1.48. The molecule has 2 N–H and O–H groups in total. The number of para-hydroxylation sites is 1. The second kappa shape index (κ2) is 6.72. The topological polar surface area (TPSA) is 99.8 Å². The predicted molar refractivity (Wildman–Crippen MR) is 94.4 cm³/mol. The molecule has 4 rings (SSSR count). The lowest BCUT2D eigenvalue weighted by molar-refractivity contribution is -0.119. The van der Waals surface area contributed by atoms with E-state index in [1.165, 1.54) is 5.01 Å². The molecule has 2 aliphatic rings. The highest BCUT2D eigenvalue weighted by atomic mass is 16.3. The van der Waals surface area contributed by atoms with Crippen molar-refractivity contribution in [3.63, 3.8) is 0 Å². The maximum atomic E-state index is 12.6. The minimum atomic E-state index is -0.545. The zero-order chi connectivity index (χ0) is 18.1. The van der Waals surface area contributed by atoms with E-state index in [2.05, 4.69) is 15.5 Å². The van der Waals surface area contributed by atoms with Crippen LogP contribution in [0, 0.1) is 0 Å². The predicted octanol–water partition coefficient (Wildman–Crippen LogP) is 0.857. The average Bonchev–Trinajstić information content (AvgIpc) is 3.15. The zero-order valence-electron chi connectivity index (χ0n) is 14.0. The summed E-state index contributed by atoms with van der Waals surface area (Å²) in [6.45, 7) is 0. The van der Waals surface area contributed by atoms with Gasteiger partial charge in [0.25, 0.3) is 5.91 Å². The van der Waals surface area contributed by atoms with Crippen molar-refractivity contribution in [2.75, 3.05) is 5.01 Å². The van der Waals surface area contributed by atoms with Gasteiger partial charge in [-0.3, -0.25) is 14.3 Å². The molecule has 134 valence electrons. The molecule has 0 radical (unpaired) electrons. The summed E-state index contributed by atoms with van der Waals surface area (Å²) in [5.41, 5.74) is 0.949. The molecular weight excluding hydrogens is 334 g/mol. The van der Waals surface area contributed by atoms with E-state index in [4.69, 9.17) is 0 Å². The van der Waals surface area contributed by atoms with Crippen LogP contribution in [0.5, 0.6) is 0 Å². The fraction of sp³-hybridized carbons (Fsp3) is 0.333. The van der Waals surface area contributed by atoms with Crippen LogP contribution in [-0.4, -0.2) is 44.6 Å². The average molecular weight is 353 g/mol. The third kappa shape index (κ3) is 2.99. The molecule has 8 heteroatoms. The second-order valence-electron chi connectivity index (χ2n) is 6.45. The summed E-state index contributed by atoms with van der Waals surface area (Å²) in [5, 5.41) is 22.6. The van der Waals surface area contributed by atoms with Crippen molar-refractivity contribution in [3.05, 3.63) is 48.8 Å². The molecule has 1 fully saturated rings. The lowest BCUT2D eigenvalue weighted by atomic mass is 9.83. The third-order valence-electron chi connectivity index (χ3n) is 4.74. The first kappa shape index (κ1) is 16.5. The number of aromatic nitrogens is 2. The van der Waals surface area contributed by atoms with E-state index in [0.29, 0.717) is 24.2 Å². The number of carbonyl (C=O) groups is 2. The van der Waals surface area contributed by atoms with Gasteiger partial charge in [-0.05, 0) is 24.6 Å². The van der Waals surface area contributed by atoms with E-state index in [1.54, 1.807) is 35.3 Å². The normalized spacial score (nSPS) is 25.4. The van der Waals surface area contributed by atoms with Gasteiger partial charge >= 0.3 is 0 Å². The van der Waals surface area contributed by atoms with Crippen molar-refractivity contribution in [1.29, 1.82) is 0 Å². The molecule has 1 aromatic heterocycles.